The molecule has 1 unspecified atom stereocenters. The molecule has 2 aromatic rings. The lowest BCUT2D eigenvalue weighted by Gasteiger charge is -2.14. The predicted octanol–water partition coefficient (Wildman–Crippen LogP) is 2.41. The molecule has 0 spiro atoms. The number of rotatable bonds is 4. The molecule has 1 aromatic heterocycles. The van der Waals surface area contributed by atoms with E-state index < -0.39 is 10.0 Å². The zero-order valence-corrected chi connectivity index (χ0v) is 11.6. The second kappa shape index (κ2) is 5.07. The molecule has 0 aliphatic rings. The first-order valence-electron chi connectivity index (χ1n) is 5.81. The van der Waals surface area contributed by atoms with Gasteiger partial charge in [-0.1, -0.05) is 6.07 Å². The van der Waals surface area contributed by atoms with Crippen LogP contribution in [-0.2, 0) is 10.0 Å². The van der Waals surface area contributed by atoms with Crippen molar-refractivity contribution in [3.8, 4) is 0 Å². The van der Waals surface area contributed by atoms with E-state index in [4.69, 9.17) is 9.56 Å². The molecule has 0 amide bonds. The van der Waals surface area contributed by atoms with Gasteiger partial charge >= 0.3 is 0 Å². The number of hydrogen-bond acceptors (Lipinski definition) is 4. The van der Waals surface area contributed by atoms with E-state index in [0.29, 0.717) is 11.3 Å². The van der Waals surface area contributed by atoms with Gasteiger partial charge in [0.1, 0.15) is 5.76 Å². The zero-order valence-electron chi connectivity index (χ0n) is 10.8. The Morgan fingerprint density at radius 2 is 2.05 bits per heavy atom. The highest BCUT2D eigenvalue weighted by molar-refractivity contribution is 7.89. The highest BCUT2D eigenvalue weighted by Gasteiger charge is 2.14. The van der Waals surface area contributed by atoms with Gasteiger partial charge in [0.15, 0.2) is 0 Å². The summed E-state index contributed by atoms with van der Waals surface area (Å²) < 4.78 is 28.2. The van der Waals surface area contributed by atoms with E-state index in [1.165, 1.54) is 6.07 Å². The molecule has 1 aromatic carbocycles. The van der Waals surface area contributed by atoms with E-state index >= 15 is 0 Å². The Morgan fingerprint density at radius 1 is 1.32 bits per heavy atom. The molecule has 2 rings (SSSR count). The first-order valence-corrected chi connectivity index (χ1v) is 7.36. The largest absolute Gasteiger partial charge is 0.467 e. The van der Waals surface area contributed by atoms with Crippen LogP contribution in [0, 0.1) is 6.92 Å². The van der Waals surface area contributed by atoms with E-state index in [2.05, 4.69) is 5.32 Å². The number of primary sulfonamides is 1. The lowest BCUT2D eigenvalue weighted by molar-refractivity contribution is 0.490. The third kappa shape index (κ3) is 3.15. The van der Waals surface area contributed by atoms with Gasteiger partial charge in [0.2, 0.25) is 10.0 Å². The summed E-state index contributed by atoms with van der Waals surface area (Å²) in [5, 5.41) is 8.35. The molecule has 0 radical (unpaired) electrons. The summed E-state index contributed by atoms with van der Waals surface area (Å²) in [6.45, 7) is 3.63. The van der Waals surface area contributed by atoms with Crippen LogP contribution in [0.1, 0.15) is 24.3 Å². The van der Waals surface area contributed by atoms with Gasteiger partial charge in [-0.25, -0.2) is 13.6 Å². The molecule has 0 aliphatic carbocycles. The smallest absolute Gasteiger partial charge is 0.238 e. The van der Waals surface area contributed by atoms with Crippen molar-refractivity contribution >= 4 is 15.7 Å². The topological polar surface area (TPSA) is 85.3 Å². The van der Waals surface area contributed by atoms with Crippen molar-refractivity contribution in [1.82, 2.24) is 0 Å². The second-order valence-electron chi connectivity index (χ2n) is 4.41. The molecule has 102 valence electrons. The summed E-state index contributed by atoms with van der Waals surface area (Å²) in [5.74, 6) is 0.776. The highest BCUT2D eigenvalue weighted by atomic mass is 32.2. The molecule has 0 saturated carbocycles. The number of furan rings is 1. The first-order chi connectivity index (χ1) is 8.88. The summed E-state index contributed by atoms with van der Waals surface area (Å²) in [7, 11) is -3.71. The fraction of sp³-hybridized carbons (Fsp3) is 0.231. The molecule has 6 heteroatoms. The lowest BCUT2D eigenvalue weighted by Crippen LogP contribution is -2.14. The Balaban J connectivity index is 2.27. The van der Waals surface area contributed by atoms with Gasteiger partial charge in [0.25, 0.3) is 0 Å². The maximum absolute atomic E-state index is 11.5. The second-order valence-corrected chi connectivity index (χ2v) is 5.94. The Morgan fingerprint density at radius 3 is 2.63 bits per heavy atom. The summed E-state index contributed by atoms with van der Waals surface area (Å²) in [5.41, 5.74) is 1.30. The molecular weight excluding hydrogens is 264 g/mol. The normalized spacial score (nSPS) is 13.2. The Bertz CT molecular complexity index is 663. The lowest BCUT2D eigenvalue weighted by atomic mass is 10.2. The maximum atomic E-state index is 11.5. The van der Waals surface area contributed by atoms with Crippen LogP contribution in [0.4, 0.5) is 5.69 Å². The van der Waals surface area contributed by atoms with E-state index in [9.17, 15) is 8.42 Å². The van der Waals surface area contributed by atoms with Gasteiger partial charge < -0.3 is 9.73 Å². The standard InChI is InChI=1S/C13H16N2O3S/c1-9-5-6-11(8-13(9)19(14,16)17)15-10(2)12-4-3-7-18-12/h3-8,10,15H,1-2H3,(H2,14,16,17). The Hall–Kier alpha value is -1.79. The fourth-order valence-electron chi connectivity index (χ4n) is 1.86. The van der Waals surface area contributed by atoms with Crippen LogP contribution in [0.5, 0.6) is 0 Å². The van der Waals surface area contributed by atoms with E-state index in [1.807, 2.05) is 19.1 Å². The number of nitrogens with one attached hydrogen (secondary N) is 1. The molecule has 0 bridgehead atoms. The van der Waals surface area contributed by atoms with Crippen LogP contribution in [0.3, 0.4) is 0 Å². The van der Waals surface area contributed by atoms with Crippen molar-refractivity contribution in [1.29, 1.82) is 0 Å². The summed E-state index contributed by atoms with van der Waals surface area (Å²) >= 11 is 0. The van der Waals surface area contributed by atoms with Crippen LogP contribution >= 0.6 is 0 Å². The molecule has 19 heavy (non-hydrogen) atoms. The first kappa shape index (κ1) is 13.6. The number of nitrogens with two attached hydrogens (primary N) is 1. The fourth-order valence-corrected chi connectivity index (χ4v) is 2.66. The van der Waals surface area contributed by atoms with Crippen molar-refractivity contribution < 1.29 is 12.8 Å². The van der Waals surface area contributed by atoms with Crippen LogP contribution in [0.25, 0.3) is 0 Å². The summed E-state index contributed by atoms with van der Waals surface area (Å²) in [4.78, 5) is 0.129. The average molecular weight is 280 g/mol. The number of benzene rings is 1. The minimum Gasteiger partial charge on any atom is -0.467 e. The summed E-state index contributed by atoms with van der Waals surface area (Å²) in [6, 6.07) is 8.65. The van der Waals surface area contributed by atoms with Crippen LogP contribution < -0.4 is 10.5 Å². The quantitative estimate of drug-likeness (QED) is 0.900. The molecule has 5 nitrogen and oxygen atoms in total. The van der Waals surface area contributed by atoms with Gasteiger partial charge in [-0.2, -0.15) is 0 Å². The van der Waals surface area contributed by atoms with Crippen LogP contribution in [0.15, 0.2) is 45.9 Å². The van der Waals surface area contributed by atoms with E-state index in [0.717, 1.165) is 5.76 Å². The molecular formula is C13H16N2O3S. The monoisotopic (exact) mass is 280 g/mol. The van der Waals surface area contributed by atoms with Gasteiger partial charge in [0, 0.05) is 5.69 Å². The zero-order chi connectivity index (χ0) is 14.0. The number of anilines is 1. The van der Waals surface area contributed by atoms with Crippen molar-refractivity contribution in [3.63, 3.8) is 0 Å². The van der Waals surface area contributed by atoms with Crippen molar-refractivity contribution in [3.05, 3.63) is 47.9 Å². The van der Waals surface area contributed by atoms with Gasteiger partial charge in [-0.3, -0.25) is 0 Å². The van der Waals surface area contributed by atoms with Crippen LogP contribution in [0.2, 0.25) is 0 Å². The summed E-state index contributed by atoms with van der Waals surface area (Å²) in [6.07, 6.45) is 1.60. The molecule has 0 aliphatic heterocycles. The van der Waals surface area contributed by atoms with Crippen LogP contribution in [-0.4, -0.2) is 8.42 Å². The van der Waals surface area contributed by atoms with Gasteiger partial charge in [0.05, 0.1) is 17.2 Å². The van der Waals surface area contributed by atoms with Gasteiger partial charge in [-0.15, -0.1) is 0 Å². The Labute approximate surface area is 112 Å². The number of sulfonamides is 1. The average Bonchev–Trinajstić information content (AvgIpc) is 2.83. The maximum Gasteiger partial charge on any atom is 0.238 e. The molecule has 0 fully saturated rings. The van der Waals surface area contributed by atoms with Gasteiger partial charge in [-0.05, 0) is 43.7 Å². The third-order valence-corrected chi connectivity index (χ3v) is 3.90. The van der Waals surface area contributed by atoms with E-state index in [1.54, 1.807) is 25.3 Å². The highest BCUT2D eigenvalue weighted by Crippen LogP contribution is 2.23. The molecule has 1 atom stereocenters. The third-order valence-electron chi connectivity index (χ3n) is 2.85. The molecule has 3 N–H and O–H groups in total. The minimum atomic E-state index is -3.71. The molecule has 1 heterocycles. The van der Waals surface area contributed by atoms with E-state index in [-0.39, 0.29) is 10.9 Å². The SMILES string of the molecule is Cc1ccc(NC(C)c2ccco2)cc1S(N)(=O)=O. The molecule has 0 saturated heterocycles. The number of hydrogen-bond donors (Lipinski definition) is 2. The predicted molar refractivity (Wildman–Crippen MR) is 73.3 cm³/mol. The van der Waals surface area contributed by atoms with Crippen molar-refractivity contribution in [2.45, 2.75) is 24.8 Å². The minimum absolute atomic E-state index is 0.0639. The Kier molecular flexibility index (Phi) is 3.64. The van der Waals surface area contributed by atoms with Crippen molar-refractivity contribution in [2.24, 2.45) is 5.14 Å². The number of aryl methyl sites for hydroxylation is 1. The van der Waals surface area contributed by atoms with Crippen molar-refractivity contribution in [2.75, 3.05) is 5.32 Å².